The fourth-order valence-electron chi connectivity index (χ4n) is 8.61. The summed E-state index contributed by atoms with van der Waals surface area (Å²) in [6, 6.07) is 27.0. The van der Waals surface area contributed by atoms with Crippen LogP contribution in [0.2, 0.25) is 0 Å². The number of anilines is 1. The minimum atomic E-state index is -1.18. The molecule has 1 heterocycles. The van der Waals surface area contributed by atoms with Crippen LogP contribution in [0.5, 0.6) is 0 Å². The number of carbonyl (C=O) groups is 8. The highest BCUT2D eigenvalue weighted by Gasteiger charge is 2.39. The molecule has 1 aliphatic rings. The average molecular weight is 1060 g/mol. The molecule has 1 saturated heterocycles. The van der Waals surface area contributed by atoms with Crippen LogP contribution in [0.3, 0.4) is 0 Å². The van der Waals surface area contributed by atoms with E-state index >= 15 is 0 Å². The van der Waals surface area contributed by atoms with Gasteiger partial charge in [0, 0.05) is 56.3 Å². The summed E-state index contributed by atoms with van der Waals surface area (Å²) in [5.41, 5.74) is 25.3. The number of nitrogens with two attached hydrogens (primary N) is 4. The predicted molar refractivity (Wildman–Crippen MR) is 294 cm³/mol. The van der Waals surface area contributed by atoms with E-state index in [0.29, 0.717) is 29.7 Å². The van der Waals surface area contributed by atoms with Gasteiger partial charge in [0.05, 0.1) is 6.54 Å². The lowest BCUT2D eigenvalue weighted by molar-refractivity contribution is -0.142. The van der Waals surface area contributed by atoms with Crippen molar-refractivity contribution in [3.63, 3.8) is 0 Å². The molecule has 15 N–H and O–H groups in total. The van der Waals surface area contributed by atoms with Gasteiger partial charge < -0.3 is 65.1 Å². The van der Waals surface area contributed by atoms with Crippen LogP contribution in [-0.2, 0) is 46.5 Å². The molecule has 0 radical (unpaired) electrons. The molecule has 8 amide bonds. The largest absolute Gasteiger partial charge is 0.370 e. The molecule has 5 rings (SSSR count). The second-order valence-corrected chi connectivity index (χ2v) is 18.9. The number of aliphatic imine (C=N–C) groups is 2. The minimum absolute atomic E-state index is 0.0718. The SMILES string of the molecule is CC(=O)NCC(=O)N[C@@H](CCCN=C(N)N)C(=O)N1CCC[C@H]1C(=O)N[C@@H](CCCN=C(N)N)C(=O)Nc1ccc(C(=O)N[C@H](C(=O)N[C@@H](Cc2ccccc2)C(=O)NCc2ccccc2)C(C)C)cc1-c1ccccc1. The number of amides is 8. The lowest BCUT2D eigenvalue weighted by atomic mass is 9.98. The lowest BCUT2D eigenvalue weighted by Crippen LogP contribution is -2.56. The average Bonchev–Trinajstić information content (AvgIpc) is 3.91. The van der Waals surface area contributed by atoms with Crippen LogP contribution in [0.1, 0.15) is 80.8 Å². The number of hydrogen-bond donors (Lipinski definition) is 11. The van der Waals surface area contributed by atoms with Gasteiger partial charge in [-0.05, 0) is 79.3 Å². The number of guanidine groups is 2. The highest BCUT2D eigenvalue weighted by molar-refractivity contribution is 6.04. The third-order valence-electron chi connectivity index (χ3n) is 12.6. The number of nitrogens with zero attached hydrogens (tertiary/aromatic N) is 3. The summed E-state index contributed by atoms with van der Waals surface area (Å²) in [4.78, 5) is 118. The van der Waals surface area contributed by atoms with Crippen molar-refractivity contribution in [2.75, 3.05) is 31.5 Å². The maximum atomic E-state index is 14.5. The molecule has 410 valence electrons. The Balaban J connectivity index is 1.36. The quantitative estimate of drug-likeness (QED) is 0.0229. The Bertz CT molecular complexity index is 2720. The van der Waals surface area contributed by atoms with Gasteiger partial charge in [0.25, 0.3) is 5.91 Å². The minimum Gasteiger partial charge on any atom is -0.370 e. The van der Waals surface area contributed by atoms with Crippen molar-refractivity contribution in [3.05, 3.63) is 126 Å². The number of likely N-dealkylation sites (tertiary alicyclic amines) is 1. The van der Waals surface area contributed by atoms with Crippen LogP contribution in [0.4, 0.5) is 5.69 Å². The molecular formula is C55H72N14O8. The van der Waals surface area contributed by atoms with Gasteiger partial charge in [-0.25, -0.2) is 0 Å². The Kier molecular flexibility index (Phi) is 22.9. The van der Waals surface area contributed by atoms with Crippen molar-refractivity contribution in [1.29, 1.82) is 0 Å². The van der Waals surface area contributed by atoms with Gasteiger partial charge >= 0.3 is 0 Å². The Labute approximate surface area is 448 Å². The molecule has 0 spiro atoms. The van der Waals surface area contributed by atoms with E-state index in [2.05, 4.69) is 47.2 Å². The fourth-order valence-corrected chi connectivity index (χ4v) is 8.61. The topological polar surface area (TPSA) is 353 Å². The fraction of sp³-hybridized carbons (Fsp3) is 0.382. The van der Waals surface area contributed by atoms with Crippen molar-refractivity contribution >= 4 is 64.9 Å². The van der Waals surface area contributed by atoms with E-state index in [4.69, 9.17) is 22.9 Å². The summed E-state index contributed by atoms with van der Waals surface area (Å²) in [5, 5.41) is 19.5. The summed E-state index contributed by atoms with van der Waals surface area (Å²) < 4.78 is 0. The van der Waals surface area contributed by atoms with E-state index in [0.717, 1.165) is 11.1 Å². The van der Waals surface area contributed by atoms with Crippen molar-refractivity contribution in [2.45, 2.75) is 102 Å². The first kappa shape index (κ1) is 59.1. The summed E-state index contributed by atoms with van der Waals surface area (Å²) >= 11 is 0. The smallest absolute Gasteiger partial charge is 0.251 e. The normalized spacial score (nSPS) is 14.3. The molecule has 0 saturated carbocycles. The van der Waals surface area contributed by atoms with Crippen molar-refractivity contribution in [1.82, 2.24) is 36.8 Å². The lowest BCUT2D eigenvalue weighted by Gasteiger charge is -2.30. The van der Waals surface area contributed by atoms with Crippen LogP contribution in [0.15, 0.2) is 119 Å². The van der Waals surface area contributed by atoms with Crippen LogP contribution in [-0.4, -0.2) is 120 Å². The summed E-state index contributed by atoms with van der Waals surface area (Å²) in [6.07, 6.45) is 1.68. The number of rotatable bonds is 27. The molecule has 22 heteroatoms. The van der Waals surface area contributed by atoms with E-state index in [1.54, 1.807) is 50.2 Å². The summed E-state index contributed by atoms with van der Waals surface area (Å²) in [6.45, 7) is 5.19. The standard InChI is InChI=1S/C55H72N14O8/c1-34(2)47(52(76)67-44(30-36-16-7-4-8-17-36)49(73)63-32-37-18-9-5-10-19-37)68-48(72)39-25-26-41(40(31-39)38-20-11-6-12-21-38)65-50(74)42(22-13-27-60-54(56)57)66-51(75)45-24-15-29-69(45)53(77)43(23-14-28-61-55(58)59)64-46(71)33-62-35(3)70/h4-12,16-21,25-26,31,34,42-45,47H,13-15,22-24,27-30,32-33H2,1-3H3,(H,62,70)(H,63,73)(H,64,71)(H,65,74)(H,66,75)(H,67,76)(H,68,72)(H4,56,57,60)(H4,58,59,61)/t42-,43-,44-,45-,47-/m0/s1. The first-order chi connectivity index (χ1) is 36.9. The molecule has 0 aliphatic carbocycles. The molecule has 5 atom stereocenters. The third-order valence-corrected chi connectivity index (χ3v) is 12.6. The highest BCUT2D eigenvalue weighted by Crippen LogP contribution is 2.30. The number of hydrogen-bond acceptors (Lipinski definition) is 10. The number of carbonyl (C=O) groups excluding carboxylic acids is 8. The maximum Gasteiger partial charge on any atom is 0.251 e. The van der Waals surface area contributed by atoms with Gasteiger partial charge in [-0.15, -0.1) is 0 Å². The second-order valence-electron chi connectivity index (χ2n) is 18.9. The third kappa shape index (κ3) is 19.1. The van der Waals surface area contributed by atoms with Gasteiger partial charge in [0.2, 0.25) is 41.4 Å². The molecular weight excluding hydrogens is 985 g/mol. The maximum absolute atomic E-state index is 14.5. The molecule has 4 aromatic carbocycles. The van der Waals surface area contributed by atoms with Crippen LogP contribution in [0, 0.1) is 5.92 Å². The van der Waals surface area contributed by atoms with Gasteiger partial charge in [-0.1, -0.05) is 105 Å². The summed E-state index contributed by atoms with van der Waals surface area (Å²) in [5.74, 6) is -5.07. The van der Waals surface area contributed by atoms with Crippen LogP contribution < -0.4 is 60.2 Å². The monoisotopic (exact) mass is 1060 g/mol. The number of nitrogens with one attached hydrogen (secondary N) is 7. The zero-order chi connectivity index (χ0) is 55.9. The predicted octanol–water partition coefficient (Wildman–Crippen LogP) is 1.29. The Morgan fingerprint density at radius 1 is 0.649 bits per heavy atom. The first-order valence-corrected chi connectivity index (χ1v) is 25.6. The van der Waals surface area contributed by atoms with Crippen molar-refractivity contribution in [2.24, 2.45) is 38.8 Å². The Hall–Kier alpha value is -8.82. The van der Waals surface area contributed by atoms with Crippen molar-refractivity contribution < 1.29 is 38.4 Å². The van der Waals surface area contributed by atoms with Crippen molar-refractivity contribution in [3.8, 4) is 11.1 Å². The highest BCUT2D eigenvalue weighted by atomic mass is 16.2. The molecule has 77 heavy (non-hydrogen) atoms. The molecule has 0 unspecified atom stereocenters. The molecule has 1 fully saturated rings. The zero-order valence-electron chi connectivity index (χ0n) is 43.8. The second kappa shape index (κ2) is 29.9. The molecule has 22 nitrogen and oxygen atoms in total. The Morgan fingerprint density at radius 3 is 1.84 bits per heavy atom. The van der Waals surface area contributed by atoms with Gasteiger partial charge in [-0.2, -0.15) is 0 Å². The van der Waals surface area contributed by atoms with Gasteiger partial charge in [0.1, 0.15) is 30.2 Å². The molecule has 0 bridgehead atoms. The zero-order valence-corrected chi connectivity index (χ0v) is 43.8. The van der Waals surface area contributed by atoms with E-state index in [-0.39, 0.29) is 82.3 Å². The molecule has 1 aliphatic heterocycles. The molecule has 4 aromatic rings. The number of benzene rings is 4. The first-order valence-electron chi connectivity index (χ1n) is 25.6. The van der Waals surface area contributed by atoms with Gasteiger partial charge in [-0.3, -0.25) is 48.3 Å². The van der Waals surface area contributed by atoms with E-state index < -0.39 is 83.4 Å². The van der Waals surface area contributed by atoms with Crippen LogP contribution in [0.25, 0.3) is 11.1 Å². The molecule has 0 aromatic heterocycles. The van der Waals surface area contributed by atoms with E-state index in [9.17, 15) is 38.4 Å². The summed E-state index contributed by atoms with van der Waals surface area (Å²) in [7, 11) is 0. The Morgan fingerprint density at radius 2 is 1.25 bits per heavy atom. The van der Waals surface area contributed by atoms with Gasteiger partial charge in [0.15, 0.2) is 11.9 Å². The van der Waals surface area contributed by atoms with Crippen LogP contribution >= 0.6 is 0 Å². The van der Waals surface area contributed by atoms with E-state index in [1.165, 1.54) is 17.9 Å². The van der Waals surface area contributed by atoms with E-state index in [1.807, 2.05) is 66.7 Å².